The number of rotatable bonds is 2. The fraction of sp³-hybridized carbons (Fsp3) is 0.778. The molecular formula is C9H15N2O3S. The first kappa shape index (κ1) is 10.9. The Labute approximate surface area is 90.1 Å². The number of nitrogens with zero attached hydrogens (tertiary/aromatic N) is 2. The summed E-state index contributed by atoms with van der Waals surface area (Å²) >= 11 is 0. The Kier molecular flexibility index (Phi) is 2.50. The minimum absolute atomic E-state index is 0.00981. The predicted molar refractivity (Wildman–Crippen MR) is 55.4 cm³/mol. The third-order valence-electron chi connectivity index (χ3n) is 3.12. The molecule has 0 aromatic rings. The van der Waals surface area contributed by atoms with Crippen molar-refractivity contribution >= 4 is 15.9 Å². The highest BCUT2D eigenvalue weighted by Crippen LogP contribution is 2.32. The van der Waals surface area contributed by atoms with Crippen molar-refractivity contribution in [1.29, 1.82) is 0 Å². The molecule has 2 aliphatic rings. The third-order valence-corrected chi connectivity index (χ3v) is 4.37. The zero-order valence-electron chi connectivity index (χ0n) is 8.88. The molecule has 2 fully saturated rings. The van der Waals surface area contributed by atoms with Gasteiger partial charge in [-0.25, -0.2) is 8.42 Å². The first-order valence-electron chi connectivity index (χ1n) is 4.95. The van der Waals surface area contributed by atoms with Gasteiger partial charge in [0.2, 0.25) is 15.9 Å². The number of likely N-dealkylation sites (tertiary alicyclic amines) is 1. The molecule has 5 nitrogen and oxygen atoms in total. The van der Waals surface area contributed by atoms with Crippen LogP contribution in [0.5, 0.6) is 0 Å². The molecule has 15 heavy (non-hydrogen) atoms. The molecule has 1 radical (unpaired) electrons. The molecule has 1 unspecified atom stereocenters. The van der Waals surface area contributed by atoms with E-state index in [0.717, 1.165) is 0 Å². The first-order valence-corrected chi connectivity index (χ1v) is 6.80. The van der Waals surface area contributed by atoms with Gasteiger partial charge in [-0.2, -0.15) is 4.31 Å². The normalized spacial score (nSPS) is 28.4. The second kappa shape index (κ2) is 3.45. The largest absolute Gasteiger partial charge is 0.342 e. The summed E-state index contributed by atoms with van der Waals surface area (Å²) in [5.74, 6) is 0.355. The Hall–Kier alpha value is -0.620. The van der Waals surface area contributed by atoms with Crippen molar-refractivity contribution < 1.29 is 13.2 Å². The second-order valence-corrected chi connectivity index (χ2v) is 6.18. The van der Waals surface area contributed by atoms with E-state index in [1.807, 2.05) is 6.42 Å². The number of hydrogen-bond acceptors (Lipinski definition) is 3. The van der Waals surface area contributed by atoms with Crippen molar-refractivity contribution in [2.24, 2.45) is 5.92 Å². The Bertz CT molecular complexity index is 373. The average molecular weight is 231 g/mol. The zero-order valence-corrected chi connectivity index (χ0v) is 9.70. The van der Waals surface area contributed by atoms with Crippen LogP contribution >= 0.6 is 0 Å². The van der Waals surface area contributed by atoms with Crippen LogP contribution in [0.1, 0.15) is 6.92 Å². The molecule has 2 saturated heterocycles. The molecule has 1 atom stereocenters. The topological polar surface area (TPSA) is 57.7 Å². The molecule has 1 amide bonds. The van der Waals surface area contributed by atoms with Gasteiger partial charge >= 0.3 is 0 Å². The standard InChI is InChI=1S/C9H15N2O3S/c1-7(12)10-5-8(6-10)9-3-4-11(9)15(2,13)14/h3,8-9H,4-6H2,1-2H3. The van der Waals surface area contributed by atoms with Crippen LogP contribution in [0.2, 0.25) is 0 Å². The highest BCUT2D eigenvalue weighted by molar-refractivity contribution is 7.88. The van der Waals surface area contributed by atoms with Crippen LogP contribution in [0.15, 0.2) is 0 Å². The van der Waals surface area contributed by atoms with E-state index >= 15 is 0 Å². The lowest BCUT2D eigenvalue weighted by molar-refractivity contribution is -0.136. The maximum Gasteiger partial charge on any atom is 0.219 e. The van der Waals surface area contributed by atoms with E-state index in [9.17, 15) is 13.2 Å². The van der Waals surface area contributed by atoms with Crippen LogP contribution in [0.25, 0.3) is 0 Å². The van der Waals surface area contributed by atoms with Crippen molar-refractivity contribution in [2.45, 2.75) is 13.0 Å². The Morgan fingerprint density at radius 3 is 2.33 bits per heavy atom. The van der Waals surface area contributed by atoms with Crippen molar-refractivity contribution in [3.63, 3.8) is 0 Å². The van der Waals surface area contributed by atoms with Gasteiger partial charge in [-0.15, -0.1) is 0 Å². The summed E-state index contributed by atoms with van der Waals surface area (Å²) < 4.78 is 24.1. The molecule has 0 N–H and O–H groups in total. The van der Waals surface area contributed by atoms with Crippen LogP contribution < -0.4 is 0 Å². The predicted octanol–water partition coefficient (Wildman–Crippen LogP) is -0.687. The first-order chi connectivity index (χ1) is 6.89. The third kappa shape index (κ3) is 1.88. The zero-order chi connectivity index (χ0) is 11.2. The van der Waals surface area contributed by atoms with E-state index < -0.39 is 10.0 Å². The highest BCUT2D eigenvalue weighted by Gasteiger charge is 2.45. The molecule has 0 bridgehead atoms. The summed E-state index contributed by atoms with van der Waals surface area (Å²) in [6.07, 6.45) is 3.23. The van der Waals surface area contributed by atoms with E-state index in [1.165, 1.54) is 17.5 Å². The number of hydrogen-bond donors (Lipinski definition) is 0. The molecule has 0 aliphatic carbocycles. The minimum Gasteiger partial charge on any atom is -0.342 e. The molecule has 2 heterocycles. The average Bonchev–Trinajstić information content (AvgIpc) is 1.87. The molecule has 85 valence electrons. The van der Waals surface area contributed by atoms with Gasteiger partial charge < -0.3 is 4.90 Å². The molecule has 2 rings (SSSR count). The molecule has 6 heteroatoms. The Morgan fingerprint density at radius 2 is 2.00 bits per heavy atom. The lowest BCUT2D eigenvalue weighted by Crippen LogP contribution is -2.64. The van der Waals surface area contributed by atoms with Crippen molar-refractivity contribution in [2.75, 3.05) is 25.9 Å². The van der Waals surface area contributed by atoms with Gasteiger partial charge in [-0.1, -0.05) is 0 Å². The maximum absolute atomic E-state index is 11.3. The summed E-state index contributed by atoms with van der Waals surface area (Å²) in [7, 11) is -3.08. The highest BCUT2D eigenvalue weighted by atomic mass is 32.2. The lowest BCUT2D eigenvalue weighted by Gasteiger charge is -2.50. The van der Waals surface area contributed by atoms with Gasteiger partial charge in [0.1, 0.15) is 0 Å². The molecule has 0 aromatic heterocycles. The second-order valence-electron chi connectivity index (χ2n) is 4.24. The summed E-state index contributed by atoms with van der Waals surface area (Å²) in [5.41, 5.74) is 0. The van der Waals surface area contributed by atoms with Crippen LogP contribution in [0, 0.1) is 12.3 Å². The van der Waals surface area contributed by atoms with Gasteiger partial charge in [0.25, 0.3) is 0 Å². The van der Waals surface area contributed by atoms with Crippen LogP contribution in [-0.2, 0) is 14.8 Å². The molecule has 0 spiro atoms. The SMILES string of the molecule is CC(=O)N1CC(C2[CH]CN2S(C)(=O)=O)C1. The molecule has 0 aromatic carbocycles. The van der Waals surface area contributed by atoms with E-state index in [4.69, 9.17) is 0 Å². The molecular weight excluding hydrogens is 216 g/mol. The van der Waals surface area contributed by atoms with Crippen LogP contribution in [0.3, 0.4) is 0 Å². The van der Waals surface area contributed by atoms with Crippen molar-refractivity contribution in [3.05, 3.63) is 6.42 Å². The van der Waals surface area contributed by atoms with Gasteiger partial charge in [0.15, 0.2) is 0 Å². The van der Waals surface area contributed by atoms with E-state index in [1.54, 1.807) is 4.90 Å². The fourth-order valence-electron chi connectivity index (χ4n) is 2.08. The van der Waals surface area contributed by atoms with E-state index in [0.29, 0.717) is 19.6 Å². The van der Waals surface area contributed by atoms with Gasteiger partial charge in [0, 0.05) is 38.5 Å². The minimum atomic E-state index is -3.08. The van der Waals surface area contributed by atoms with Crippen molar-refractivity contribution in [3.8, 4) is 0 Å². The Balaban J connectivity index is 1.91. The number of carbonyl (C=O) groups excluding carboxylic acids is 1. The summed E-state index contributed by atoms with van der Waals surface area (Å²) in [4.78, 5) is 12.7. The monoisotopic (exact) mass is 231 g/mol. The lowest BCUT2D eigenvalue weighted by atomic mass is 9.85. The number of carbonyl (C=O) groups is 1. The molecule has 0 saturated carbocycles. The van der Waals surface area contributed by atoms with Crippen LogP contribution in [-0.4, -0.2) is 55.5 Å². The smallest absolute Gasteiger partial charge is 0.219 e. The summed E-state index contributed by atoms with van der Waals surface area (Å²) in [6.45, 7) is 3.42. The summed E-state index contributed by atoms with van der Waals surface area (Å²) in [6, 6.07) is 0.00981. The quantitative estimate of drug-likeness (QED) is 0.632. The fourth-order valence-corrected chi connectivity index (χ4v) is 3.14. The number of sulfonamides is 1. The van der Waals surface area contributed by atoms with E-state index in [-0.39, 0.29) is 17.9 Å². The van der Waals surface area contributed by atoms with Gasteiger partial charge in [0.05, 0.1) is 6.26 Å². The van der Waals surface area contributed by atoms with Gasteiger partial charge in [-0.05, 0) is 6.42 Å². The number of amides is 1. The van der Waals surface area contributed by atoms with Crippen LogP contribution in [0.4, 0.5) is 0 Å². The van der Waals surface area contributed by atoms with Crippen molar-refractivity contribution in [1.82, 2.24) is 9.21 Å². The van der Waals surface area contributed by atoms with Gasteiger partial charge in [-0.3, -0.25) is 4.79 Å². The summed E-state index contributed by atoms with van der Waals surface area (Å²) in [5, 5.41) is 0. The Morgan fingerprint density at radius 1 is 1.40 bits per heavy atom. The maximum atomic E-state index is 11.3. The van der Waals surface area contributed by atoms with E-state index in [2.05, 4.69) is 0 Å². The molecule has 2 aliphatic heterocycles.